The van der Waals surface area contributed by atoms with Crippen molar-refractivity contribution in [2.24, 2.45) is 0 Å². The van der Waals surface area contributed by atoms with Gasteiger partial charge >= 0.3 is 21.7 Å². The molecule has 1 aliphatic carbocycles. The van der Waals surface area contributed by atoms with Crippen LogP contribution in [-0.4, -0.2) is 0 Å². The Kier molecular flexibility index (Phi) is 85.1. The van der Waals surface area contributed by atoms with Crippen molar-refractivity contribution in [2.75, 3.05) is 0 Å². The molecule has 0 radical (unpaired) electrons. The normalized spacial score (nSPS) is 9.09. The zero-order chi connectivity index (χ0) is 16.3. The molecule has 0 aromatic rings. The summed E-state index contributed by atoms with van der Waals surface area (Å²) in [6, 6.07) is 0. The van der Waals surface area contributed by atoms with Crippen LogP contribution in [0.2, 0.25) is 0 Å². The molecule has 5 heteroatoms. The van der Waals surface area contributed by atoms with Crippen LogP contribution in [0.3, 0.4) is 0 Å². The zero-order valence-corrected chi connectivity index (χ0v) is 19.8. The molecule has 134 valence electrons. The molecule has 0 heterocycles. The van der Waals surface area contributed by atoms with E-state index in [9.17, 15) is 0 Å². The van der Waals surface area contributed by atoms with E-state index in [1.165, 1.54) is 17.8 Å². The first-order valence-electron chi connectivity index (χ1n) is 6.47. The van der Waals surface area contributed by atoms with Gasteiger partial charge in [-0.15, -0.1) is 6.42 Å². The molecule has 0 atom stereocenters. The SMILES string of the molecule is C[C-](C)C.C[C-](C)C.C[C-](C)C.N=P.[C-]1=CC=CC1.[Cl-].[Cl-].[Ti+2]. The van der Waals surface area contributed by atoms with Crippen molar-refractivity contribution in [2.45, 2.75) is 68.7 Å². The number of hydrogen-bond donors (Lipinski definition) is 1. The Hall–Kier alpha value is 0.874. The van der Waals surface area contributed by atoms with Gasteiger partial charge in [-0.1, -0.05) is 0 Å². The van der Waals surface area contributed by atoms with Gasteiger partial charge in [0.15, 0.2) is 0 Å². The molecule has 0 saturated heterocycles. The number of rotatable bonds is 0. The van der Waals surface area contributed by atoms with Crippen LogP contribution in [0, 0.1) is 29.0 Å². The predicted molar refractivity (Wildman–Crippen MR) is 93.4 cm³/mol. The molecular weight excluding hydrogens is 368 g/mol. The quantitative estimate of drug-likeness (QED) is 0.356. The summed E-state index contributed by atoms with van der Waals surface area (Å²) >= 11 is 0. The molecule has 1 nitrogen and oxygen atoms in total. The Bertz CT molecular complexity index is 165. The van der Waals surface area contributed by atoms with Crippen LogP contribution in [-0.2, 0) is 21.7 Å². The van der Waals surface area contributed by atoms with Gasteiger partial charge in [-0.3, -0.25) is 11.2 Å². The van der Waals surface area contributed by atoms with Gasteiger partial charge in [0.05, 0.1) is 0 Å². The zero-order valence-electron chi connectivity index (χ0n) is 15.7. The molecular formula is C17H34Cl2NPTi-4. The first-order valence-corrected chi connectivity index (χ1v) is 6.97. The fourth-order valence-electron chi connectivity index (χ4n) is 0.340. The van der Waals surface area contributed by atoms with E-state index in [0.717, 1.165) is 6.42 Å². The van der Waals surface area contributed by atoms with E-state index in [1.54, 1.807) is 0 Å². The maximum atomic E-state index is 5.56. The van der Waals surface area contributed by atoms with E-state index < -0.39 is 0 Å². The fraction of sp³-hybridized carbons (Fsp3) is 0.588. The molecule has 0 fully saturated rings. The number of hydrogen-bond acceptors (Lipinski definition) is 1. The van der Waals surface area contributed by atoms with E-state index in [0.29, 0.717) is 0 Å². The van der Waals surface area contributed by atoms with Gasteiger partial charge in [-0.2, -0.15) is 68.4 Å². The minimum atomic E-state index is 0. The van der Waals surface area contributed by atoms with Crippen molar-refractivity contribution >= 4 is 9.03 Å². The summed E-state index contributed by atoms with van der Waals surface area (Å²) in [5.41, 5.74) is 0. The average Bonchev–Trinajstić information content (AvgIpc) is 2.74. The Morgan fingerprint density at radius 3 is 1.05 bits per heavy atom. The standard InChI is InChI=1S/C5H5.3C4H9.2ClH.H2NP.Ti/c1-2-4-5-3-1;3*1-4(2)3;;;1-2;/h1-3H,4H2;3*1-3H3;2*1H;1-2H;/q4*-1;;;;+2/p-2. The van der Waals surface area contributed by atoms with Gasteiger partial charge in [0.2, 0.25) is 0 Å². The average molecular weight is 402 g/mol. The van der Waals surface area contributed by atoms with Crippen molar-refractivity contribution < 1.29 is 46.5 Å². The van der Waals surface area contributed by atoms with Gasteiger partial charge < -0.3 is 42.6 Å². The van der Waals surface area contributed by atoms with E-state index in [1.807, 2.05) is 12.2 Å². The molecule has 0 saturated carbocycles. The van der Waals surface area contributed by atoms with Crippen LogP contribution in [0.25, 0.3) is 0 Å². The van der Waals surface area contributed by atoms with Crippen LogP contribution < -0.4 is 24.8 Å². The summed E-state index contributed by atoms with van der Waals surface area (Å²) in [6.07, 6.45) is 10.0. The molecule has 1 aliphatic rings. The van der Waals surface area contributed by atoms with E-state index in [2.05, 4.69) is 83.5 Å². The van der Waals surface area contributed by atoms with Crippen molar-refractivity contribution in [3.63, 3.8) is 0 Å². The first-order chi connectivity index (χ1) is 8.70. The number of nitrogens with one attached hydrogen (secondary N) is 1. The van der Waals surface area contributed by atoms with Crippen molar-refractivity contribution in [1.29, 1.82) is 5.16 Å². The Morgan fingerprint density at radius 1 is 0.773 bits per heavy atom. The second-order valence-corrected chi connectivity index (χ2v) is 5.50. The van der Waals surface area contributed by atoms with Gasteiger partial charge in [-0.25, -0.2) is 12.2 Å². The van der Waals surface area contributed by atoms with Gasteiger partial charge in [0, 0.05) is 0 Å². The monoisotopic (exact) mass is 401 g/mol. The van der Waals surface area contributed by atoms with Crippen molar-refractivity contribution in [3.05, 3.63) is 42.1 Å². The third-order valence-corrected chi connectivity index (χ3v) is 0.586. The van der Waals surface area contributed by atoms with Crippen molar-refractivity contribution in [1.82, 2.24) is 0 Å². The van der Waals surface area contributed by atoms with Crippen LogP contribution in [0.4, 0.5) is 0 Å². The number of allylic oxidation sites excluding steroid dienone is 4. The molecule has 0 aliphatic heterocycles. The Balaban J connectivity index is -0.0000000253. The van der Waals surface area contributed by atoms with Gasteiger partial charge in [0.1, 0.15) is 0 Å². The third-order valence-electron chi connectivity index (χ3n) is 0.586. The molecule has 1 rings (SSSR count). The smallest absolute Gasteiger partial charge is 1.00 e. The number of halogens is 2. The molecule has 0 unspecified atom stereocenters. The van der Waals surface area contributed by atoms with Crippen molar-refractivity contribution in [3.8, 4) is 0 Å². The fourth-order valence-corrected chi connectivity index (χ4v) is 0.340. The molecule has 0 bridgehead atoms. The van der Waals surface area contributed by atoms with E-state index in [-0.39, 0.29) is 46.5 Å². The van der Waals surface area contributed by atoms with E-state index in [4.69, 9.17) is 5.16 Å². The maximum Gasteiger partial charge on any atom is 2.00 e. The Labute approximate surface area is 171 Å². The first kappa shape index (κ1) is 43.4. The van der Waals surface area contributed by atoms with Crippen LogP contribution in [0.1, 0.15) is 68.7 Å². The Morgan fingerprint density at radius 2 is 1.00 bits per heavy atom. The predicted octanol–water partition coefficient (Wildman–Crippen LogP) is 1.06. The minimum absolute atomic E-state index is 0. The second-order valence-electron chi connectivity index (χ2n) is 5.50. The van der Waals surface area contributed by atoms with E-state index >= 15 is 0 Å². The molecule has 0 spiro atoms. The third kappa shape index (κ3) is 239. The topological polar surface area (TPSA) is 23.9 Å². The summed E-state index contributed by atoms with van der Waals surface area (Å²) in [6.45, 7) is 18.8. The second kappa shape index (κ2) is 43.1. The van der Waals surface area contributed by atoms with Crippen LogP contribution in [0.5, 0.6) is 0 Å². The van der Waals surface area contributed by atoms with Gasteiger partial charge in [0.25, 0.3) is 0 Å². The van der Waals surface area contributed by atoms with Crippen LogP contribution >= 0.6 is 9.03 Å². The largest absolute Gasteiger partial charge is 2.00 e. The summed E-state index contributed by atoms with van der Waals surface area (Å²) in [7, 11) is 2.22. The summed E-state index contributed by atoms with van der Waals surface area (Å²) in [5.74, 6) is 4.25. The summed E-state index contributed by atoms with van der Waals surface area (Å²) in [5, 5.41) is 5.56. The van der Waals surface area contributed by atoms with Gasteiger partial charge in [-0.05, 0) is 9.03 Å². The minimum Gasteiger partial charge on any atom is -1.00 e. The molecule has 0 aromatic carbocycles. The van der Waals surface area contributed by atoms with Crippen LogP contribution in [0.15, 0.2) is 18.2 Å². The molecule has 0 aromatic heterocycles. The molecule has 0 amide bonds. The molecule has 22 heavy (non-hydrogen) atoms. The molecule has 1 N–H and O–H groups in total. The summed E-state index contributed by atoms with van der Waals surface area (Å²) in [4.78, 5) is 0. The maximum absolute atomic E-state index is 5.56. The summed E-state index contributed by atoms with van der Waals surface area (Å²) < 4.78 is 0.